The summed E-state index contributed by atoms with van der Waals surface area (Å²) in [5, 5.41) is 5.44. The largest absolute Gasteiger partial charge is 0.497 e. The summed E-state index contributed by atoms with van der Waals surface area (Å²) in [6, 6.07) is 5.17. The van der Waals surface area contributed by atoms with Crippen molar-refractivity contribution in [2.75, 3.05) is 10.6 Å². The Balaban J connectivity index is 2.43. The predicted molar refractivity (Wildman–Crippen MR) is 122 cm³/mol. The molecule has 2 amide bonds. The lowest BCUT2D eigenvalue weighted by Gasteiger charge is -2.32. The van der Waals surface area contributed by atoms with E-state index >= 15 is 0 Å². The third kappa shape index (κ3) is 6.61. The summed E-state index contributed by atoms with van der Waals surface area (Å²) in [4.78, 5) is 25.0. The van der Waals surface area contributed by atoms with Gasteiger partial charge < -0.3 is 18.8 Å². The number of ether oxygens (including phenoxy) is 2. The lowest BCUT2D eigenvalue weighted by atomic mass is 9.77. The van der Waals surface area contributed by atoms with E-state index in [2.05, 4.69) is 10.6 Å². The van der Waals surface area contributed by atoms with Crippen LogP contribution in [0.2, 0.25) is 0 Å². The zero-order valence-electron chi connectivity index (χ0n) is 20.3. The highest BCUT2D eigenvalue weighted by Crippen LogP contribution is 2.37. The predicted octanol–water partition coefficient (Wildman–Crippen LogP) is 4.68. The molecular weight excluding hydrogens is 399 g/mol. The van der Waals surface area contributed by atoms with Crippen LogP contribution in [-0.4, -0.2) is 41.7 Å². The quantitative estimate of drug-likeness (QED) is 0.671. The van der Waals surface area contributed by atoms with Gasteiger partial charge in [0.1, 0.15) is 11.2 Å². The summed E-state index contributed by atoms with van der Waals surface area (Å²) in [6.07, 6.45) is -1.31. The molecule has 1 saturated heterocycles. The number of amides is 2. The summed E-state index contributed by atoms with van der Waals surface area (Å²) >= 11 is 0. The number of para-hydroxylation sites is 1. The topological polar surface area (TPSA) is 95.1 Å². The first-order valence-electron chi connectivity index (χ1n) is 10.4. The number of carbonyl (C=O) groups excluding carboxylic acids is 2. The van der Waals surface area contributed by atoms with Crippen molar-refractivity contribution in [2.24, 2.45) is 0 Å². The van der Waals surface area contributed by atoms with E-state index in [4.69, 9.17) is 18.8 Å². The highest BCUT2D eigenvalue weighted by molar-refractivity contribution is 6.64. The zero-order valence-corrected chi connectivity index (χ0v) is 20.3. The van der Waals surface area contributed by atoms with Crippen molar-refractivity contribution >= 4 is 36.1 Å². The van der Waals surface area contributed by atoms with Crippen LogP contribution in [0.3, 0.4) is 0 Å². The second-order valence-electron chi connectivity index (χ2n) is 10.6. The van der Waals surface area contributed by atoms with Gasteiger partial charge in [-0.2, -0.15) is 0 Å². The molecule has 1 aliphatic heterocycles. The molecule has 0 radical (unpaired) electrons. The van der Waals surface area contributed by atoms with Gasteiger partial charge in [0.15, 0.2) is 0 Å². The molecule has 1 heterocycles. The summed E-state index contributed by atoms with van der Waals surface area (Å²) in [5.74, 6) is 0. The molecule has 8 nitrogen and oxygen atoms in total. The number of rotatable bonds is 3. The number of nitrogens with one attached hydrogen (secondary N) is 2. The molecule has 172 valence electrons. The molecule has 0 spiro atoms. The summed E-state index contributed by atoms with van der Waals surface area (Å²) in [6.45, 7) is 18.4. The molecule has 1 aromatic rings. The lowest BCUT2D eigenvalue weighted by molar-refractivity contribution is 0.00578. The van der Waals surface area contributed by atoms with Crippen LogP contribution in [0.4, 0.5) is 21.0 Å². The van der Waals surface area contributed by atoms with E-state index in [0.717, 1.165) is 0 Å². The van der Waals surface area contributed by atoms with Crippen molar-refractivity contribution in [1.82, 2.24) is 0 Å². The number of anilines is 2. The second-order valence-corrected chi connectivity index (χ2v) is 10.6. The number of carbonyl (C=O) groups is 2. The molecule has 2 rings (SSSR count). The first-order valence-corrected chi connectivity index (χ1v) is 10.4. The Bertz CT molecular complexity index is 823. The summed E-state index contributed by atoms with van der Waals surface area (Å²) in [5.41, 5.74) is -1.30. The third-order valence-corrected chi connectivity index (χ3v) is 4.87. The van der Waals surface area contributed by atoms with E-state index in [0.29, 0.717) is 16.8 Å². The molecule has 1 aliphatic rings. The fraction of sp³-hybridized carbons (Fsp3) is 0.636. The molecular formula is C22H35BN2O6. The molecule has 0 aliphatic carbocycles. The van der Waals surface area contributed by atoms with Crippen LogP contribution < -0.4 is 16.1 Å². The van der Waals surface area contributed by atoms with Crippen LogP contribution in [0.5, 0.6) is 0 Å². The van der Waals surface area contributed by atoms with Crippen molar-refractivity contribution in [3.63, 3.8) is 0 Å². The Labute approximate surface area is 185 Å². The average molecular weight is 434 g/mol. The minimum Gasteiger partial charge on any atom is -0.444 e. The zero-order chi connectivity index (χ0) is 23.8. The number of benzene rings is 1. The molecule has 0 saturated carbocycles. The fourth-order valence-electron chi connectivity index (χ4n) is 2.80. The average Bonchev–Trinajstić information content (AvgIpc) is 2.73. The Morgan fingerprint density at radius 1 is 0.839 bits per heavy atom. The Morgan fingerprint density at radius 2 is 1.29 bits per heavy atom. The van der Waals surface area contributed by atoms with Gasteiger partial charge in [-0.15, -0.1) is 0 Å². The van der Waals surface area contributed by atoms with Crippen molar-refractivity contribution in [3.8, 4) is 0 Å². The van der Waals surface area contributed by atoms with E-state index in [1.807, 2.05) is 27.7 Å². The van der Waals surface area contributed by atoms with Gasteiger partial charge in [-0.1, -0.05) is 12.1 Å². The fourth-order valence-corrected chi connectivity index (χ4v) is 2.80. The third-order valence-electron chi connectivity index (χ3n) is 4.87. The molecule has 1 fully saturated rings. The SMILES string of the molecule is CC(C)(C)OC(=O)Nc1cccc(B2OC(C)(C)C(C)(C)O2)c1NC(=O)OC(C)(C)C. The van der Waals surface area contributed by atoms with Crippen molar-refractivity contribution < 1.29 is 28.4 Å². The van der Waals surface area contributed by atoms with Crippen molar-refractivity contribution in [3.05, 3.63) is 18.2 Å². The van der Waals surface area contributed by atoms with Crippen molar-refractivity contribution in [2.45, 2.75) is 91.6 Å². The smallest absolute Gasteiger partial charge is 0.444 e. The highest BCUT2D eigenvalue weighted by Gasteiger charge is 2.52. The molecule has 0 unspecified atom stereocenters. The summed E-state index contributed by atoms with van der Waals surface area (Å²) in [7, 11) is -0.754. The molecule has 9 heteroatoms. The number of hydrogen-bond donors (Lipinski definition) is 2. The van der Waals surface area contributed by atoms with Crippen LogP contribution in [0.25, 0.3) is 0 Å². The molecule has 1 aromatic carbocycles. The Kier molecular flexibility index (Phi) is 6.74. The minimum atomic E-state index is -0.754. The maximum atomic E-state index is 12.6. The van der Waals surface area contributed by atoms with Gasteiger partial charge in [-0.05, 0) is 75.3 Å². The van der Waals surface area contributed by atoms with Crippen molar-refractivity contribution in [1.29, 1.82) is 0 Å². The molecule has 0 bridgehead atoms. The van der Waals surface area contributed by atoms with E-state index in [1.165, 1.54) is 0 Å². The summed E-state index contributed by atoms with van der Waals surface area (Å²) < 4.78 is 23.1. The first-order chi connectivity index (χ1) is 13.9. The minimum absolute atomic E-state index is 0.320. The normalized spacial score (nSPS) is 17.8. The Hall–Kier alpha value is -2.26. The molecule has 0 aromatic heterocycles. The standard InChI is InChI=1S/C22H35BN2O6/c1-19(2,3)28-17(26)24-15-13-11-12-14(16(15)25-18(27)29-20(4,5)6)23-30-21(7,8)22(9,10)31-23/h11-13H,1-10H3,(H,24,26)(H,25,27). The maximum absolute atomic E-state index is 12.6. The maximum Gasteiger partial charge on any atom is 0.497 e. The Morgan fingerprint density at radius 3 is 1.74 bits per heavy atom. The lowest BCUT2D eigenvalue weighted by Crippen LogP contribution is -2.41. The van der Waals surface area contributed by atoms with Gasteiger partial charge >= 0.3 is 19.3 Å². The van der Waals surface area contributed by atoms with E-state index < -0.39 is 41.7 Å². The number of hydrogen-bond acceptors (Lipinski definition) is 6. The highest BCUT2D eigenvalue weighted by atomic mass is 16.7. The molecule has 2 N–H and O–H groups in total. The monoisotopic (exact) mass is 434 g/mol. The van der Waals surface area contributed by atoms with Gasteiger partial charge in [-0.25, -0.2) is 9.59 Å². The van der Waals surface area contributed by atoms with Crippen LogP contribution >= 0.6 is 0 Å². The van der Waals surface area contributed by atoms with Gasteiger partial charge in [0.05, 0.1) is 22.6 Å². The van der Waals surface area contributed by atoms with Crippen LogP contribution in [-0.2, 0) is 18.8 Å². The van der Waals surface area contributed by atoms with E-state index in [1.54, 1.807) is 59.7 Å². The van der Waals surface area contributed by atoms with Crippen LogP contribution in [0.1, 0.15) is 69.2 Å². The van der Waals surface area contributed by atoms with Gasteiger partial charge in [-0.3, -0.25) is 10.6 Å². The van der Waals surface area contributed by atoms with Gasteiger partial charge in [0.25, 0.3) is 0 Å². The molecule has 31 heavy (non-hydrogen) atoms. The van der Waals surface area contributed by atoms with Gasteiger partial charge in [0.2, 0.25) is 0 Å². The van der Waals surface area contributed by atoms with E-state index in [9.17, 15) is 9.59 Å². The van der Waals surface area contributed by atoms with Crippen LogP contribution in [0, 0.1) is 0 Å². The van der Waals surface area contributed by atoms with Crippen LogP contribution in [0.15, 0.2) is 18.2 Å². The second kappa shape index (κ2) is 8.35. The molecule has 0 atom stereocenters. The van der Waals surface area contributed by atoms with Gasteiger partial charge in [0, 0.05) is 5.46 Å². The first kappa shape index (κ1) is 25.0. The van der Waals surface area contributed by atoms with E-state index in [-0.39, 0.29) is 0 Å².